The minimum Gasteiger partial charge on any atom is -0.504 e. The molecule has 0 aliphatic heterocycles. The van der Waals surface area contributed by atoms with Gasteiger partial charge in [0.25, 0.3) is 0 Å². The van der Waals surface area contributed by atoms with E-state index in [0.717, 1.165) is 32.7 Å². The summed E-state index contributed by atoms with van der Waals surface area (Å²) in [7, 11) is 0. The van der Waals surface area contributed by atoms with Crippen molar-refractivity contribution >= 4 is 53.9 Å². The van der Waals surface area contributed by atoms with Crippen LogP contribution < -0.4 is 0 Å². The Morgan fingerprint density at radius 3 is 1.15 bits per heavy atom. The standard InChI is InChI=1S/C44H28O10/c45-35-33(36(46)40(50)43(53)39(35)49)31-26-12-5-6-13-27(26)32(34-37(47)41(51)44(54)42(52)38(34)48)30-25-15-7-14-24(23(25)16-17-28(30)31)29-21-10-3-1-8-19(21)18-20-9-2-4-11-22(20)29/h1-18,45-54H. The zero-order valence-corrected chi connectivity index (χ0v) is 27.9. The highest BCUT2D eigenvalue weighted by molar-refractivity contribution is 6.31. The van der Waals surface area contributed by atoms with E-state index in [2.05, 4.69) is 6.07 Å². The molecule has 0 radical (unpaired) electrons. The van der Waals surface area contributed by atoms with Crippen LogP contribution in [0.2, 0.25) is 0 Å². The first kappa shape index (κ1) is 32.2. The van der Waals surface area contributed by atoms with E-state index in [1.54, 1.807) is 36.4 Å². The van der Waals surface area contributed by atoms with E-state index in [4.69, 9.17) is 0 Å². The van der Waals surface area contributed by atoms with Crippen LogP contribution in [0, 0.1) is 0 Å². The minimum absolute atomic E-state index is 0.0825. The Bertz CT molecular complexity index is 3000. The van der Waals surface area contributed by atoms with Crippen LogP contribution in [-0.2, 0) is 0 Å². The molecule has 264 valence electrons. The summed E-state index contributed by atoms with van der Waals surface area (Å²) in [5, 5.41) is 115. The van der Waals surface area contributed by atoms with Gasteiger partial charge in [-0.3, -0.25) is 0 Å². The highest BCUT2D eigenvalue weighted by Gasteiger charge is 2.32. The van der Waals surface area contributed by atoms with Crippen LogP contribution in [-0.4, -0.2) is 51.1 Å². The highest BCUT2D eigenvalue weighted by atomic mass is 16.4. The molecule has 0 amide bonds. The lowest BCUT2D eigenvalue weighted by molar-refractivity contribution is 0.330. The van der Waals surface area contributed by atoms with E-state index >= 15 is 0 Å². The molecule has 0 saturated carbocycles. The molecule has 0 aliphatic rings. The summed E-state index contributed by atoms with van der Waals surface area (Å²) in [5.41, 5.74) is 1.02. The number of phenolic OH excluding ortho intramolecular Hbond substituents is 10. The predicted molar refractivity (Wildman–Crippen MR) is 207 cm³/mol. The molecule has 0 aromatic heterocycles. The van der Waals surface area contributed by atoms with Gasteiger partial charge in [0.2, 0.25) is 34.5 Å². The van der Waals surface area contributed by atoms with Crippen LogP contribution in [0.1, 0.15) is 0 Å². The normalized spacial score (nSPS) is 11.7. The SMILES string of the molecule is Oc1c(O)c(O)c(-c2c3ccccc3c(-c3c(O)c(O)c(O)c(O)c3O)c3c2ccc2c(-c4c5ccccc5cc5ccccc45)cccc23)c(O)c1O. The van der Waals surface area contributed by atoms with Crippen LogP contribution in [0.15, 0.2) is 109 Å². The van der Waals surface area contributed by atoms with Gasteiger partial charge in [0, 0.05) is 11.1 Å². The zero-order valence-electron chi connectivity index (χ0n) is 27.9. The van der Waals surface area contributed by atoms with Gasteiger partial charge in [-0.05, 0) is 71.1 Å². The van der Waals surface area contributed by atoms with Crippen LogP contribution in [0.25, 0.3) is 87.2 Å². The van der Waals surface area contributed by atoms with Gasteiger partial charge < -0.3 is 51.1 Å². The molecule has 0 bridgehead atoms. The van der Waals surface area contributed by atoms with Gasteiger partial charge >= 0.3 is 0 Å². The average molecular weight is 717 g/mol. The number of hydrogen-bond acceptors (Lipinski definition) is 10. The van der Waals surface area contributed by atoms with E-state index in [0.29, 0.717) is 10.8 Å². The smallest absolute Gasteiger partial charge is 0.208 e. The Kier molecular flexibility index (Phi) is 6.79. The molecule has 0 atom stereocenters. The van der Waals surface area contributed by atoms with Crippen molar-refractivity contribution in [1.82, 2.24) is 0 Å². The van der Waals surface area contributed by atoms with Gasteiger partial charge in [0.1, 0.15) is 0 Å². The fourth-order valence-corrected chi connectivity index (χ4v) is 7.93. The van der Waals surface area contributed by atoms with Gasteiger partial charge in [0.15, 0.2) is 23.0 Å². The quantitative estimate of drug-likeness (QED) is 0.0363. The van der Waals surface area contributed by atoms with E-state index < -0.39 is 68.6 Å². The molecule has 0 saturated heterocycles. The van der Waals surface area contributed by atoms with Crippen molar-refractivity contribution < 1.29 is 51.1 Å². The number of phenols is 10. The fraction of sp³-hybridized carbons (Fsp3) is 0. The van der Waals surface area contributed by atoms with E-state index in [1.165, 1.54) is 0 Å². The third-order valence-electron chi connectivity index (χ3n) is 10.3. The second-order valence-electron chi connectivity index (χ2n) is 13.1. The molecule has 0 heterocycles. The third kappa shape index (κ3) is 4.21. The lowest BCUT2D eigenvalue weighted by Crippen LogP contribution is -1.95. The lowest BCUT2D eigenvalue weighted by atomic mass is 9.81. The largest absolute Gasteiger partial charge is 0.504 e. The average Bonchev–Trinajstić information content (AvgIpc) is 3.20. The molecule has 0 spiro atoms. The third-order valence-corrected chi connectivity index (χ3v) is 10.3. The molecule has 10 nitrogen and oxygen atoms in total. The Morgan fingerprint density at radius 1 is 0.241 bits per heavy atom. The van der Waals surface area contributed by atoms with Gasteiger partial charge in [-0.2, -0.15) is 0 Å². The zero-order chi connectivity index (χ0) is 37.7. The van der Waals surface area contributed by atoms with Crippen molar-refractivity contribution in [3.63, 3.8) is 0 Å². The molecule has 0 fully saturated rings. The molecule has 10 heteroatoms. The Morgan fingerprint density at radius 2 is 0.630 bits per heavy atom. The van der Waals surface area contributed by atoms with Crippen LogP contribution in [0.3, 0.4) is 0 Å². The summed E-state index contributed by atoms with van der Waals surface area (Å²) in [4.78, 5) is 0. The summed E-state index contributed by atoms with van der Waals surface area (Å²) in [6.07, 6.45) is 0. The van der Waals surface area contributed by atoms with Gasteiger partial charge in [-0.1, -0.05) is 103 Å². The maximum Gasteiger partial charge on any atom is 0.208 e. The van der Waals surface area contributed by atoms with Crippen molar-refractivity contribution in [1.29, 1.82) is 0 Å². The second-order valence-corrected chi connectivity index (χ2v) is 13.1. The first-order valence-electron chi connectivity index (χ1n) is 16.7. The van der Waals surface area contributed by atoms with E-state index in [9.17, 15) is 51.1 Å². The molecular formula is C44H28O10. The summed E-state index contributed by atoms with van der Waals surface area (Å²) in [6, 6.07) is 33.6. The maximum atomic E-state index is 11.4. The minimum atomic E-state index is -1.14. The lowest BCUT2D eigenvalue weighted by Gasteiger charge is -2.23. The maximum absolute atomic E-state index is 11.4. The van der Waals surface area contributed by atoms with Crippen molar-refractivity contribution in [2.24, 2.45) is 0 Å². The van der Waals surface area contributed by atoms with E-state index in [1.807, 2.05) is 66.7 Å². The van der Waals surface area contributed by atoms with Crippen molar-refractivity contribution in [3.05, 3.63) is 109 Å². The van der Waals surface area contributed by atoms with Crippen molar-refractivity contribution in [3.8, 4) is 90.9 Å². The fourth-order valence-electron chi connectivity index (χ4n) is 7.93. The van der Waals surface area contributed by atoms with E-state index in [-0.39, 0.29) is 32.7 Å². The van der Waals surface area contributed by atoms with Gasteiger partial charge in [0.05, 0.1) is 11.1 Å². The molecule has 9 aromatic carbocycles. The number of rotatable bonds is 3. The van der Waals surface area contributed by atoms with Crippen molar-refractivity contribution in [2.75, 3.05) is 0 Å². The van der Waals surface area contributed by atoms with Crippen molar-refractivity contribution in [2.45, 2.75) is 0 Å². The molecule has 10 N–H and O–H groups in total. The van der Waals surface area contributed by atoms with Gasteiger partial charge in [-0.15, -0.1) is 0 Å². The summed E-state index contributed by atoms with van der Waals surface area (Å²) in [5.74, 6) is -10.4. The predicted octanol–water partition coefficient (Wildman–Crippen LogP) is 9.51. The van der Waals surface area contributed by atoms with Crippen LogP contribution >= 0.6 is 0 Å². The molecule has 9 aromatic rings. The van der Waals surface area contributed by atoms with Crippen LogP contribution in [0.5, 0.6) is 57.5 Å². The number of hydrogen-bond donors (Lipinski definition) is 10. The Labute approximate surface area is 304 Å². The molecule has 54 heavy (non-hydrogen) atoms. The Balaban J connectivity index is 1.56. The monoisotopic (exact) mass is 716 g/mol. The molecule has 0 aliphatic carbocycles. The first-order valence-corrected chi connectivity index (χ1v) is 16.7. The number of benzene rings is 9. The summed E-state index contributed by atoms with van der Waals surface area (Å²) < 4.78 is 0. The number of aromatic hydroxyl groups is 10. The molecule has 0 unspecified atom stereocenters. The first-order chi connectivity index (χ1) is 26.0. The summed E-state index contributed by atoms with van der Waals surface area (Å²) >= 11 is 0. The Hall–Kier alpha value is -7.72. The van der Waals surface area contributed by atoms with Gasteiger partial charge in [-0.25, -0.2) is 0 Å². The number of fused-ring (bicyclic) bond motifs is 6. The molecular weight excluding hydrogens is 688 g/mol. The highest BCUT2D eigenvalue weighted by Crippen LogP contribution is 2.61. The summed E-state index contributed by atoms with van der Waals surface area (Å²) in [6.45, 7) is 0. The van der Waals surface area contributed by atoms with Crippen LogP contribution in [0.4, 0.5) is 0 Å². The molecule has 9 rings (SSSR count). The second kappa shape index (κ2) is 11.4. The topological polar surface area (TPSA) is 202 Å².